The summed E-state index contributed by atoms with van der Waals surface area (Å²) in [6, 6.07) is 3.77. The Labute approximate surface area is 126 Å². The number of urea groups is 1. The zero-order chi connectivity index (χ0) is 15.0. The highest BCUT2D eigenvalue weighted by molar-refractivity contribution is 6.33. The fraction of sp³-hybridized carbons (Fsp3) is 0.429. The highest BCUT2D eigenvalue weighted by Crippen LogP contribution is 2.34. The molecular weight excluding hydrogens is 296 g/mol. The molecular formula is C14H15ClN2O4. The number of anilines is 1. The minimum atomic E-state index is -1.07. The molecule has 0 spiro atoms. The van der Waals surface area contributed by atoms with Gasteiger partial charge < -0.3 is 20.5 Å². The number of hydrogen-bond donors (Lipinski definition) is 3. The molecule has 2 aliphatic rings. The van der Waals surface area contributed by atoms with Crippen LogP contribution in [0.5, 0.6) is 0 Å². The average Bonchev–Trinajstić information content (AvgIpc) is 3.03. The molecule has 7 heteroatoms. The van der Waals surface area contributed by atoms with Crippen molar-refractivity contribution in [3.8, 4) is 0 Å². The third kappa shape index (κ3) is 2.96. The smallest absolute Gasteiger partial charge is 0.335 e. The number of benzene rings is 1. The summed E-state index contributed by atoms with van der Waals surface area (Å²) in [7, 11) is 0. The molecule has 2 fully saturated rings. The number of carbonyl (C=O) groups is 2. The number of ether oxygens (including phenoxy) is 1. The van der Waals surface area contributed by atoms with E-state index in [-0.39, 0.29) is 29.5 Å². The minimum absolute atomic E-state index is 0.00480. The van der Waals surface area contributed by atoms with E-state index in [0.29, 0.717) is 5.02 Å². The lowest BCUT2D eigenvalue weighted by molar-refractivity contribution is 0.0697. The van der Waals surface area contributed by atoms with Gasteiger partial charge in [0.25, 0.3) is 0 Å². The van der Waals surface area contributed by atoms with Gasteiger partial charge >= 0.3 is 12.0 Å². The average molecular weight is 311 g/mol. The molecule has 0 aromatic heterocycles. The summed E-state index contributed by atoms with van der Waals surface area (Å²) in [5, 5.41) is 14.7. The van der Waals surface area contributed by atoms with Gasteiger partial charge in [0.15, 0.2) is 0 Å². The van der Waals surface area contributed by atoms with Gasteiger partial charge in [-0.05, 0) is 37.5 Å². The van der Waals surface area contributed by atoms with Crippen LogP contribution in [-0.2, 0) is 4.74 Å². The van der Waals surface area contributed by atoms with E-state index >= 15 is 0 Å². The Balaban J connectivity index is 1.64. The summed E-state index contributed by atoms with van der Waals surface area (Å²) < 4.78 is 5.66. The van der Waals surface area contributed by atoms with Gasteiger partial charge in [-0.15, -0.1) is 0 Å². The molecule has 2 amide bonds. The zero-order valence-electron chi connectivity index (χ0n) is 11.1. The molecule has 1 aromatic rings. The van der Waals surface area contributed by atoms with Crippen LogP contribution in [0.25, 0.3) is 0 Å². The van der Waals surface area contributed by atoms with Crippen molar-refractivity contribution in [2.75, 3.05) is 5.32 Å². The number of rotatable bonds is 3. The summed E-state index contributed by atoms with van der Waals surface area (Å²) in [5.41, 5.74) is 0.344. The minimum Gasteiger partial charge on any atom is -0.478 e. The molecule has 2 aliphatic heterocycles. The lowest BCUT2D eigenvalue weighted by Crippen LogP contribution is -2.43. The van der Waals surface area contributed by atoms with E-state index in [4.69, 9.17) is 21.4 Å². The number of nitrogens with one attached hydrogen (secondary N) is 2. The molecule has 3 unspecified atom stereocenters. The van der Waals surface area contributed by atoms with Gasteiger partial charge in [-0.1, -0.05) is 11.6 Å². The second kappa shape index (κ2) is 5.54. The van der Waals surface area contributed by atoms with Crippen molar-refractivity contribution in [1.82, 2.24) is 5.32 Å². The molecule has 3 atom stereocenters. The number of aromatic carboxylic acids is 1. The van der Waals surface area contributed by atoms with Crippen molar-refractivity contribution in [3.63, 3.8) is 0 Å². The second-order valence-electron chi connectivity index (χ2n) is 5.31. The first-order valence-electron chi connectivity index (χ1n) is 6.79. The number of fused-ring (bicyclic) bond motifs is 2. The predicted molar refractivity (Wildman–Crippen MR) is 76.9 cm³/mol. The Bertz CT molecular complexity index is 592. The third-order valence-corrected chi connectivity index (χ3v) is 4.21. The van der Waals surface area contributed by atoms with Gasteiger partial charge in [0.05, 0.1) is 34.5 Å². The van der Waals surface area contributed by atoms with E-state index in [2.05, 4.69) is 10.6 Å². The van der Waals surface area contributed by atoms with Gasteiger partial charge in [-0.25, -0.2) is 9.59 Å². The third-order valence-electron chi connectivity index (χ3n) is 3.88. The predicted octanol–water partition coefficient (Wildman–Crippen LogP) is 2.48. The van der Waals surface area contributed by atoms with Crippen LogP contribution in [0.2, 0.25) is 5.02 Å². The van der Waals surface area contributed by atoms with Crippen LogP contribution in [0.3, 0.4) is 0 Å². The number of carboxylic acids is 1. The van der Waals surface area contributed by atoms with Crippen molar-refractivity contribution in [2.45, 2.75) is 37.5 Å². The fourth-order valence-corrected chi connectivity index (χ4v) is 3.04. The molecule has 3 N–H and O–H groups in total. The number of amides is 2. The Morgan fingerprint density at radius 1 is 1.33 bits per heavy atom. The standard InChI is InChI=1S/C14H15ClN2O4/c15-9-3-1-7(13(18)19)5-10(9)16-14(20)17-11-6-8-2-4-12(11)21-8/h1,3,5,8,11-12H,2,4,6H2,(H,18,19)(H2,16,17,20). The van der Waals surface area contributed by atoms with Crippen molar-refractivity contribution in [1.29, 1.82) is 0 Å². The number of carboxylic acid groups (broad SMARTS) is 1. The van der Waals surface area contributed by atoms with Gasteiger partial charge in [0.1, 0.15) is 0 Å². The molecule has 6 nitrogen and oxygen atoms in total. The zero-order valence-corrected chi connectivity index (χ0v) is 11.9. The van der Waals surface area contributed by atoms with Crippen molar-refractivity contribution >= 4 is 29.3 Å². The van der Waals surface area contributed by atoms with Crippen LogP contribution in [0.1, 0.15) is 29.6 Å². The maximum absolute atomic E-state index is 12.0. The summed E-state index contributed by atoms with van der Waals surface area (Å²) in [6.45, 7) is 0. The van der Waals surface area contributed by atoms with Gasteiger partial charge in [0, 0.05) is 0 Å². The normalized spacial score (nSPS) is 26.6. The topological polar surface area (TPSA) is 87.7 Å². The maximum atomic E-state index is 12.0. The Hall–Kier alpha value is -1.79. The first-order chi connectivity index (χ1) is 10.0. The molecule has 1 aromatic carbocycles. The summed E-state index contributed by atoms with van der Waals surface area (Å²) >= 11 is 5.96. The van der Waals surface area contributed by atoms with Crippen LogP contribution in [-0.4, -0.2) is 35.4 Å². The number of halogens is 1. The SMILES string of the molecule is O=C(Nc1cc(C(=O)O)ccc1Cl)NC1CC2CCC1O2. The Morgan fingerprint density at radius 3 is 2.76 bits per heavy atom. The van der Waals surface area contributed by atoms with Crippen LogP contribution >= 0.6 is 11.6 Å². The molecule has 112 valence electrons. The first kappa shape index (κ1) is 14.2. The lowest BCUT2D eigenvalue weighted by Gasteiger charge is -2.20. The maximum Gasteiger partial charge on any atom is 0.335 e. The first-order valence-corrected chi connectivity index (χ1v) is 7.16. The molecule has 21 heavy (non-hydrogen) atoms. The molecule has 2 bridgehead atoms. The van der Waals surface area contributed by atoms with E-state index < -0.39 is 12.0 Å². The molecule has 3 rings (SSSR count). The van der Waals surface area contributed by atoms with E-state index in [9.17, 15) is 9.59 Å². The molecule has 2 heterocycles. The largest absolute Gasteiger partial charge is 0.478 e. The number of carbonyl (C=O) groups excluding carboxylic acids is 1. The van der Waals surface area contributed by atoms with Crippen LogP contribution in [0.4, 0.5) is 10.5 Å². The summed E-state index contributed by atoms with van der Waals surface area (Å²) in [4.78, 5) is 22.9. The van der Waals surface area contributed by atoms with E-state index in [0.717, 1.165) is 19.3 Å². The summed E-state index contributed by atoms with van der Waals surface area (Å²) in [6.07, 6.45) is 3.17. The molecule has 0 aliphatic carbocycles. The van der Waals surface area contributed by atoms with Crippen molar-refractivity contribution in [2.24, 2.45) is 0 Å². The van der Waals surface area contributed by atoms with Crippen LogP contribution < -0.4 is 10.6 Å². The van der Waals surface area contributed by atoms with Crippen LogP contribution in [0, 0.1) is 0 Å². The Kier molecular flexibility index (Phi) is 3.73. The number of hydrogen-bond acceptors (Lipinski definition) is 3. The summed E-state index contributed by atoms with van der Waals surface area (Å²) in [5.74, 6) is -1.07. The van der Waals surface area contributed by atoms with Gasteiger partial charge in [-0.2, -0.15) is 0 Å². The van der Waals surface area contributed by atoms with Crippen molar-refractivity contribution < 1.29 is 19.4 Å². The van der Waals surface area contributed by atoms with Crippen LogP contribution in [0.15, 0.2) is 18.2 Å². The highest BCUT2D eigenvalue weighted by atomic mass is 35.5. The van der Waals surface area contributed by atoms with E-state index in [1.54, 1.807) is 0 Å². The lowest BCUT2D eigenvalue weighted by atomic mass is 9.96. The van der Waals surface area contributed by atoms with E-state index in [1.807, 2.05) is 0 Å². The van der Waals surface area contributed by atoms with Gasteiger partial charge in [0.2, 0.25) is 0 Å². The second-order valence-corrected chi connectivity index (χ2v) is 5.72. The van der Waals surface area contributed by atoms with Gasteiger partial charge in [-0.3, -0.25) is 0 Å². The molecule has 2 saturated heterocycles. The molecule has 0 saturated carbocycles. The quantitative estimate of drug-likeness (QED) is 0.800. The molecule has 0 radical (unpaired) electrons. The highest BCUT2D eigenvalue weighted by Gasteiger charge is 2.41. The van der Waals surface area contributed by atoms with Crippen molar-refractivity contribution in [3.05, 3.63) is 28.8 Å². The monoisotopic (exact) mass is 310 g/mol. The van der Waals surface area contributed by atoms with E-state index in [1.165, 1.54) is 18.2 Å². The Morgan fingerprint density at radius 2 is 2.14 bits per heavy atom. The fourth-order valence-electron chi connectivity index (χ4n) is 2.87.